The molecule has 0 bridgehead atoms. The Labute approximate surface area is 152 Å². The Balaban J connectivity index is 2.32. The lowest BCUT2D eigenvalue weighted by atomic mass is 10.2. The number of alkyl halides is 3. The summed E-state index contributed by atoms with van der Waals surface area (Å²) in [5, 5.41) is 0. The molecule has 0 aliphatic carbocycles. The molecule has 0 aromatic carbocycles. The van der Waals surface area contributed by atoms with Gasteiger partial charge in [-0.15, -0.1) is 0 Å². The molecule has 2 heterocycles. The van der Waals surface area contributed by atoms with Gasteiger partial charge in [-0.25, -0.2) is 4.79 Å². The highest BCUT2D eigenvalue weighted by atomic mass is 31.2. The second-order valence-electron chi connectivity index (χ2n) is 5.35. The van der Waals surface area contributed by atoms with Crippen LogP contribution in [0, 0.1) is 0 Å². The summed E-state index contributed by atoms with van der Waals surface area (Å²) >= 11 is 0. The maximum atomic E-state index is 12.8. The minimum Gasteiger partial charge on any atom is -0.347 e. The Morgan fingerprint density at radius 3 is 2.56 bits per heavy atom. The van der Waals surface area contributed by atoms with E-state index in [9.17, 15) is 27.6 Å². The molecular weight excluding hydrogens is 394 g/mol. The average Bonchev–Trinajstić information content (AvgIpc) is 2.61. The van der Waals surface area contributed by atoms with Crippen LogP contribution in [0.3, 0.4) is 0 Å². The van der Waals surface area contributed by atoms with Gasteiger partial charge in [-0.05, 0) is 11.9 Å². The maximum Gasteiger partial charge on any atom is 0.471 e. The number of rotatable bonds is 5. The van der Waals surface area contributed by atoms with E-state index < -0.39 is 50.6 Å². The molecule has 1 amide bonds. The fourth-order valence-corrected chi connectivity index (χ4v) is 3.11. The minimum absolute atomic E-state index is 0.375. The lowest BCUT2D eigenvalue weighted by Crippen LogP contribution is -2.53. The number of H-pyrrole nitrogens is 1. The highest BCUT2D eigenvalue weighted by Gasteiger charge is 2.45. The van der Waals surface area contributed by atoms with Gasteiger partial charge in [-0.1, -0.05) is 0 Å². The zero-order chi connectivity index (χ0) is 20.2. The molecule has 2 unspecified atom stereocenters. The van der Waals surface area contributed by atoms with Gasteiger partial charge in [0.05, 0.1) is 19.2 Å². The van der Waals surface area contributed by atoms with Crippen molar-refractivity contribution < 1.29 is 31.8 Å². The lowest BCUT2D eigenvalue weighted by Gasteiger charge is -2.37. The number of amides is 1. The second-order valence-corrected chi connectivity index (χ2v) is 6.95. The van der Waals surface area contributed by atoms with Gasteiger partial charge in [0.2, 0.25) is 0 Å². The predicted octanol–water partition coefficient (Wildman–Crippen LogP) is 0.943. The monoisotopic (exact) mass is 411 g/mol. The summed E-state index contributed by atoms with van der Waals surface area (Å²) in [7, 11) is 1.37. The van der Waals surface area contributed by atoms with E-state index in [1.54, 1.807) is 0 Å². The fraction of sp³-hybridized carbons (Fsp3) is 0.500. The van der Waals surface area contributed by atoms with Crippen molar-refractivity contribution in [3.05, 3.63) is 45.0 Å². The smallest absolute Gasteiger partial charge is 0.347 e. The van der Waals surface area contributed by atoms with Crippen molar-refractivity contribution in [1.82, 2.24) is 14.5 Å². The van der Waals surface area contributed by atoms with E-state index >= 15 is 0 Å². The molecule has 0 spiro atoms. The van der Waals surface area contributed by atoms with Crippen molar-refractivity contribution in [2.45, 2.75) is 18.5 Å². The van der Waals surface area contributed by atoms with Gasteiger partial charge in [0, 0.05) is 26.5 Å². The van der Waals surface area contributed by atoms with Crippen LogP contribution in [-0.4, -0.2) is 59.9 Å². The number of hydrogen-bond donors (Lipinski definition) is 1. The van der Waals surface area contributed by atoms with Crippen molar-refractivity contribution in [2.24, 2.45) is 0 Å². The van der Waals surface area contributed by atoms with Crippen molar-refractivity contribution >= 4 is 14.3 Å². The summed E-state index contributed by atoms with van der Waals surface area (Å²) in [5.41, 5.74) is -1.54. The van der Waals surface area contributed by atoms with Gasteiger partial charge in [0.15, 0.2) is 14.6 Å². The van der Waals surface area contributed by atoms with Gasteiger partial charge >= 0.3 is 17.8 Å². The molecule has 9 nitrogen and oxygen atoms in total. The summed E-state index contributed by atoms with van der Waals surface area (Å²) in [6, 6.07) is 1.02. The third kappa shape index (κ3) is 5.48. The summed E-state index contributed by atoms with van der Waals surface area (Å²) in [6.45, 7) is -0.891. The van der Waals surface area contributed by atoms with E-state index in [-0.39, 0.29) is 6.54 Å². The van der Waals surface area contributed by atoms with E-state index in [2.05, 4.69) is 0 Å². The zero-order valence-electron chi connectivity index (χ0n) is 14.3. The molecule has 0 radical (unpaired) electrons. The van der Waals surface area contributed by atoms with Crippen LogP contribution in [0.25, 0.3) is 0 Å². The molecule has 2 rings (SSSR count). The number of nitrogens with one attached hydrogen (secondary N) is 1. The van der Waals surface area contributed by atoms with Gasteiger partial charge in [-0.2, -0.15) is 13.2 Å². The topological polar surface area (TPSA) is 103 Å². The number of carbonyl (C=O) groups is 1. The summed E-state index contributed by atoms with van der Waals surface area (Å²) in [6.07, 6.45) is -4.76. The first-order chi connectivity index (χ1) is 12.7. The van der Waals surface area contributed by atoms with Crippen molar-refractivity contribution in [1.29, 1.82) is 0 Å². The Kier molecular flexibility index (Phi) is 6.93. The number of morpholine rings is 1. The maximum absolute atomic E-state index is 12.8. The third-order valence-electron chi connectivity index (χ3n) is 3.58. The number of nitrogens with zero attached hydrogens (tertiary/aromatic N) is 2. The van der Waals surface area contributed by atoms with Crippen molar-refractivity contribution in [3.63, 3.8) is 0 Å². The number of aromatic nitrogens is 2. The van der Waals surface area contributed by atoms with Gasteiger partial charge in [-0.3, -0.25) is 19.1 Å². The van der Waals surface area contributed by atoms with Crippen LogP contribution in [0.4, 0.5) is 13.2 Å². The highest BCUT2D eigenvalue weighted by molar-refractivity contribution is 7.50. The molecule has 13 heteroatoms. The highest BCUT2D eigenvalue weighted by Crippen LogP contribution is 2.38. The van der Waals surface area contributed by atoms with Crippen molar-refractivity contribution in [2.75, 3.05) is 27.3 Å². The first-order valence-electron chi connectivity index (χ1n) is 7.54. The van der Waals surface area contributed by atoms with E-state index in [1.807, 2.05) is 4.98 Å². The Morgan fingerprint density at radius 2 is 2.00 bits per heavy atom. The quantitative estimate of drug-likeness (QED) is 0.724. The molecule has 1 saturated heterocycles. The Bertz CT molecular complexity index is 804. The normalized spacial score (nSPS) is 21.2. The molecule has 27 heavy (non-hydrogen) atoms. The molecule has 1 aromatic heterocycles. The Morgan fingerprint density at radius 1 is 1.33 bits per heavy atom. The van der Waals surface area contributed by atoms with Gasteiger partial charge < -0.3 is 18.7 Å². The predicted molar refractivity (Wildman–Crippen MR) is 87.9 cm³/mol. The van der Waals surface area contributed by atoms with Crippen molar-refractivity contribution in [3.8, 4) is 0 Å². The Hall–Kier alpha value is -2.01. The third-order valence-corrected chi connectivity index (χ3v) is 4.72. The number of aromatic amines is 1. The molecule has 1 aliphatic rings. The minimum atomic E-state index is -5.07. The lowest BCUT2D eigenvalue weighted by molar-refractivity contribution is -0.196. The molecular formula is C14H17F3N3O6P. The molecule has 1 aliphatic heterocycles. The largest absolute Gasteiger partial charge is 0.471 e. The molecule has 1 fully saturated rings. The summed E-state index contributed by atoms with van der Waals surface area (Å²) in [4.78, 5) is 37.3. The number of hydrogen-bond acceptors (Lipinski definition) is 6. The van der Waals surface area contributed by atoms with E-state index in [0.717, 1.165) is 16.8 Å². The first kappa shape index (κ1) is 21.3. The van der Waals surface area contributed by atoms with Gasteiger partial charge in [0.25, 0.3) is 5.56 Å². The van der Waals surface area contributed by atoms with E-state index in [1.165, 1.54) is 26.1 Å². The number of halogens is 3. The van der Waals surface area contributed by atoms with Crippen LogP contribution in [0.2, 0.25) is 0 Å². The second kappa shape index (κ2) is 8.79. The summed E-state index contributed by atoms with van der Waals surface area (Å²) in [5.74, 6) is -0.582. The van der Waals surface area contributed by atoms with Crippen LogP contribution < -0.4 is 11.2 Å². The van der Waals surface area contributed by atoms with Crippen LogP contribution in [-0.2, 0) is 18.6 Å². The molecule has 1 N–H and O–H groups in total. The summed E-state index contributed by atoms with van der Waals surface area (Å²) < 4.78 is 55.1. The molecule has 0 saturated carbocycles. The number of ether oxygens (including phenoxy) is 1. The van der Waals surface area contributed by atoms with E-state index in [4.69, 9.17) is 13.8 Å². The van der Waals surface area contributed by atoms with E-state index in [0.29, 0.717) is 4.90 Å². The van der Waals surface area contributed by atoms with Crippen LogP contribution in [0.1, 0.15) is 6.23 Å². The first-order valence-corrected chi connectivity index (χ1v) is 8.79. The number of carbonyl (C=O) groups excluding carboxylic acids is 1. The fourth-order valence-electron chi connectivity index (χ4n) is 2.39. The zero-order valence-corrected chi connectivity index (χ0v) is 15.2. The van der Waals surface area contributed by atoms with Crippen LogP contribution in [0.15, 0.2) is 33.7 Å². The SMILES string of the molecule is COP(/C=C/C1CN(C(=O)C(F)(F)F)CC(n2ccc(=O)[nH]c2=O)O1)OC. The standard InChI is InChI=1S/C14H17F3N3O6P/c1-24-27(25-2)6-4-9-7-19(12(22)14(15,16)17)8-11(26-9)20-5-3-10(21)18-13(20)23/h3-6,9,11H,7-8H2,1-2H3,(H,18,21,23)/b6-4+. The molecule has 1 aromatic rings. The molecule has 2 atom stereocenters. The van der Waals surface area contributed by atoms with Crippen LogP contribution in [0.5, 0.6) is 0 Å². The van der Waals surface area contributed by atoms with Crippen LogP contribution >= 0.6 is 8.38 Å². The molecule has 150 valence electrons. The van der Waals surface area contributed by atoms with Gasteiger partial charge in [0.1, 0.15) is 0 Å². The average molecular weight is 411 g/mol.